The molecule has 0 spiro atoms. The van der Waals surface area contributed by atoms with Crippen LogP contribution >= 0.6 is 0 Å². The quantitative estimate of drug-likeness (QED) is 0.887. The van der Waals surface area contributed by atoms with Gasteiger partial charge in [-0.25, -0.2) is 0 Å². The summed E-state index contributed by atoms with van der Waals surface area (Å²) in [7, 11) is 1.72. The number of aromatic nitrogens is 1. The maximum Gasteiger partial charge on any atom is 0.270 e. The molecule has 1 aromatic carbocycles. The van der Waals surface area contributed by atoms with Crippen molar-refractivity contribution in [1.82, 2.24) is 9.47 Å². The van der Waals surface area contributed by atoms with E-state index in [1.54, 1.807) is 42.4 Å². The van der Waals surface area contributed by atoms with Crippen molar-refractivity contribution in [1.29, 1.82) is 0 Å². The summed E-state index contributed by atoms with van der Waals surface area (Å²) < 4.78 is 1.87. The number of anilines is 1. The molecular formula is C16H21N3O2. The highest BCUT2D eigenvalue weighted by atomic mass is 16.3. The summed E-state index contributed by atoms with van der Waals surface area (Å²) in [6.45, 7) is 3.15. The first-order chi connectivity index (χ1) is 10.0. The molecule has 112 valence electrons. The summed E-state index contributed by atoms with van der Waals surface area (Å²) in [6.07, 6.45) is 2.71. The van der Waals surface area contributed by atoms with Gasteiger partial charge < -0.3 is 20.3 Å². The van der Waals surface area contributed by atoms with Crippen molar-refractivity contribution >= 4 is 11.6 Å². The molecule has 0 aliphatic rings. The predicted molar refractivity (Wildman–Crippen MR) is 83.0 cm³/mol. The van der Waals surface area contributed by atoms with E-state index >= 15 is 0 Å². The van der Waals surface area contributed by atoms with Crippen molar-refractivity contribution in [2.24, 2.45) is 0 Å². The molecule has 2 rings (SSSR count). The van der Waals surface area contributed by atoms with Crippen LogP contribution in [0.5, 0.6) is 5.75 Å². The van der Waals surface area contributed by atoms with E-state index in [9.17, 15) is 9.90 Å². The molecule has 1 aromatic heterocycles. The van der Waals surface area contributed by atoms with Gasteiger partial charge in [0.2, 0.25) is 0 Å². The minimum absolute atomic E-state index is 0.108. The highest BCUT2D eigenvalue weighted by Gasteiger charge is 2.17. The number of rotatable bonds is 5. The molecule has 0 radical (unpaired) electrons. The third-order valence-electron chi connectivity index (χ3n) is 3.35. The number of nitrogen functional groups attached to an aromatic ring is 1. The Morgan fingerprint density at radius 2 is 2.10 bits per heavy atom. The lowest BCUT2D eigenvalue weighted by atomic mass is 10.2. The Kier molecular flexibility index (Phi) is 4.52. The second kappa shape index (κ2) is 6.35. The number of hydrogen-bond donors (Lipinski definition) is 2. The van der Waals surface area contributed by atoms with Gasteiger partial charge in [0.05, 0.1) is 5.69 Å². The van der Waals surface area contributed by atoms with Gasteiger partial charge in [-0.15, -0.1) is 0 Å². The normalized spacial score (nSPS) is 10.6. The van der Waals surface area contributed by atoms with Gasteiger partial charge in [0.25, 0.3) is 5.91 Å². The Hall–Kier alpha value is -2.43. The molecule has 1 amide bonds. The largest absolute Gasteiger partial charge is 0.508 e. The zero-order valence-corrected chi connectivity index (χ0v) is 12.4. The number of hydrogen-bond acceptors (Lipinski definition) is 3. The van der Waals surface area contributed by atoms with E-state index in [0.29, 0.717) is 17.9 Å². The van der Waals surface area contributed by atoms with E-state index < -0.39 is 0 Å². The topological polar surface area (TPSA) is 71.5 Å². The average Bonchev–Trinajstić information content (AvgIpc) is 2.81. The van der Waals surface area contributed by atoms with Gasteiger partial charge in [0, 0.05) is 31.9 Å². The lowest BCUT2D eigenvalue weighted by Crippen LogP contribution is -2.28. The highest BCUT2D eigenvalue weighted by Crippen LogP contribution is 2.19. The molecule has 0 bridgehead atoms. The molecule has 21 heavy (non-hydrogen) atoms. The third-order valence-corrected chi connectivity index (χ3v) is 3.35. The number of carbonyl (C=O) groups is 1. The standard InChI is InChI=1S/C16H21N3O2/c1-3-8-19-11-13(17)9-14(19)16(21)18(2)10-12-6-4-5-7-15(12)20/h4-7,9,11,20H,3,8,10,17H2,1-2H3. The van der Waals surface area contributed by atoms with Gasteiger partial charge in [-0.05, 0) is 18.6 Å². The summed E-state index contributed by atoms with van der Waals surface area (Å²) in [4.78, 5) is 14.1. The van der Waals surface area contributed by atoms with Gasteiger partial charge in [0.1, 0.15) is 11.4 Å². The molecule has 2 aromatic rings. The molecule has 0 aliphatic heterocycles. The van der Waals surface area contributed by atoms with Gasteiger partial charge in [-0.1, -0.05) is 25.1 Å². The fourth-order valence-electron chi connectivity index (χ4n) is 2.31. The van der Waals surface area contributed by atoms with Crippen LogP contribution in [-0.4, -0.2) is 27.5 Å². The smallest absolute Gasteiger partial charge is 0.270 e. The van der Waals surface area contributed by atoms with Crippen LogP contribution in [0.15, 0.2) is 36.5 Å². The lowest BCUT2D eigenvalue weighted by molar-refractivity contribution is 0.0773. The lowest BCUT2D eigenvalue weighted by Gasteiger charge is -2.19. The zero-order valence-electron chi connectivity index (χ0n) is 12.4. The van der Waals surface area contributed by atoms with Crippen LogP contribution in [0.1, 0.15) is 29.4 Å². The monoisotopic (exact) mass is 287 g/mol. The molecule has 5 nitrogen and oxygen atoms in total. The number of aryl methyl sites for hydroxylation is 1. The Morgan fingerprint density at radius 1 is 1.38 bits per heavy atom. The van der Waals surface area contributed by atoms with Crippen LogP contribution in [0.25, 0.3) is 0 Å². The highest BCUT2D eigenvalue weighted by molar-refractivity contribution is 5.93. The zero-order chi connectivity index (χ0) is 15.4. The first-order valence-corrected chi connectivity index (χ1v) is 7.01. The van der Waals surface area contributed by atoms with Crippen LogP contribution in [0, 0.1) is 0 Å². The number of nitrogens with two attached hydrogens (primary N) is 1. The number of amides is 1. The van der Waals surface area contributed by atoms with Crippen LogP contribution in [0.2, 0.25) is 0 Å². The second-order valence-corrected chi connectivity index (χ2v) is 5.14. The summed E-state index contributed by atoms with van der Waals surface area (Å²) in [5, 5.41) is 9.79. The first kappa shape index (κ1) is 15.0. The molecule has 3 N–H and O–H groups in total. The Morgan fingerprint density at radius 3 is 2.76 bits per heavy atom. The van der Waals surface area contributed by atoms with Gasteiger partial charge >= 0.3 is 0 Å². The molecule has 1 heterocycles. The predicted octanol–water partition coefficient (Wildman–Crippen LogP) is 2.46. The molecule has 0 saturated carbocycles. The second-order valence-electron chi connectivity index (χ2n) is 5.14. The molecule has 0 unspecified atom stereocenters. The van der Waals surface area contributed by atoms with Crippen LogP contribution in [0.3, 0.4) is 0 Å². The average molecular weight is 287 g/mol. The van der Waals surface area contributed by atoms with Gasteiger partial charge in [0.15, 0.2) is 0 Å². The van der Waals surface area contributed by atoms with Crippen molar-refractivity contribution < 1.29 is 9.90 Å². The van der Waals surface area contributed by atoms with Crippen LogP contribution in [-0.2, 0) is 13.1 Å². The Balaban J connectivity index is 2.18. The van der Waals surface area contributed by atoms with Crippen molar-refractivity contribution in [3.63, 3.8) is 0 Å². The third kappa shape index (κ3) is 3.37. The minimum atomic E-state index is -0.108. The van der Waals surface area contributed by atoms with Crippen LogP contribution in [0.4, 0.5) is 5.69 Å². The number of para-hydroxylation sites is 1. The van der Waals surface area contributed by atoms with Crippen molar-refractivity contribution in [3.8, 4) is 5.75 Å². The van der Waals surface area contributed by atoms with E-state index in [-0.39, 0.29) is 11.7 Å². The maximum absolute atomic E-state index is 12.5. The molecular weight excluding hydrogens is 266 g/mol. The number of phenols is 1. The van der Waals surface area contributed by atoms with Gasteiger partial charge in [-0.3, -0.25) is 4.79 Å². The van der Waals surface area contributed by atoms with Crippen LogP contribution < -0.4 is 5.73 Å². The molecule has 0 atom stereocenters. The minimum Gasteiger partial charge on any atom is -0.508 e. The molecule has 0 fully saturated rings. The number of phenolic OH excluding ortho intramolecular Hbond substituents is 1. The van der Waals surface area contributed by atoms with E-state index in [0.717, 1.165) is 18.5 Å². The van der Waals surface area contributed by atoms with Gasteiger partial charge in [-0.2, -0.15) is 0 Å². The summed E-state index contributed by atoms with van der Waals surface area (Å²) >= 11 is 0. The Labute approximate surface area is 124 Å². The summed E-state index contributed by atoms with van der Waals surface area (Å²) in [5.74, 6) is 0.0870. The van der Waals surface area contributed by atoms with Crippen molar-refractivity contribution in [3.05, 3.63) is 47.8 Å². The van der Waals surface area contributed by atoms with E-state index in [4.69, 9.17) is 5.73 Å². The van der Waals surface area contributed by atoms with E-state index in [1.807, 2.05) is 10.6 Å². The Bertz CT molecular complexity index is 634. The maximum atomic E-state index is 12.5. The number of benzene rings is 1. The molecule has 0 saturated heterocycles. The summed E-state index contributed by atoms with van der Waals surface area (Å²) in [5.41, 5.74) is 7.67. The van der Waals surface area contributed by atoms with E-state index in [1.165, 1.54) is 0 Å². The van der Waals surface area contributed by atoms with Crippen molar-refractivity contribution in [2.45, 2.75) is 26.4 Å². The number of aromatic hydroxyl groups is 1. The van der Waals surface area contributed by atoms with Crippen molar-refractivity contribution in [2.75, 3.05) is 12.8 Å². The van der Waals surface area contributed by atoms with E-state index in [2.05, 4.69) is 6.92 Å². The summed E-state index contributed by atoms with van der Waals surface area (Å²) in [6, 6.07) is 8.71. The fourth-order valence-corrected chi connectivity index (χ4v) is 2.31. The molecule has 0 aliphatic carbocycles. The fraction of sp³-hybridized carbons (Fsp3) is 0.312. The molecule has 5 heteroatoms. The number of carbonyl (C=O) groups excluding carboxylic acids is 1. The number of nitrogens with zero attached hydrogens (tertiary/aromatic N) is 2. The first-order valence-electron chi connectivity index (χ1n) is 7.01. The SMILES string of the molecule is CCCn1cc(N)cc1C(=O)N(C)Cc1ccccc1O.